The van der Waals surface area contributed by atoms with Crippen molar-refractivity contribution in [1.29, 1.82) is 0 Å². The van der Waals surface area contributed by atoms with Crippen LogP contribution in [0.4, 0.5) is 5.82 Å². The van der Waals surface area contributed by atoms with Crippen LogP contribution in [-0.4, -0.2) is 16.5 Å². The molecule has 1 rings (SSSR count). The van der Waals surface area contributed by atoms with Gasteiger partial charge < -0.3 is 5.32 Å². The van der Waals surface area contributed by atoms with Gasteiger partial charge in [0.2, 0.25) is 0 Å². The van der Waals surface area contributed by atoms with Crippen molar-refractivity contribution in [3.8, 4) is 0 Å². The van der Waals surface area contributed by atoms with Crippen LogP contribution in [0.15, 0.2) is 6.33 Å². The molecule has 1 aromatic heterocycles. The maximum Gasteiger partial charge on any atom is 0.137 e. The molecule has 1 aromatic rings. The molecule has 0 aliphatic carbocycles. The van der Waals surface area contributed by atoms with Crippen LogP contribution in [0.1, 0.15) is 57.9 Å². The van der Waals surface area contributed by atoms with E-state index in [-0.39, 0.29) is 0 Å². The summed E-state index contributed by atoms with van der Waals surface area (Å²) in [7, 11) is 0. The fourth-order valence-corrected chi connectivity index (χ4v) is 2.24. The lowest BCUT2D eigenvalue weighted by Gasteiger charge is -2.10. The number of nitrogens with zero attached hydrogens (tertiary/aromatic N) is 2. The fraction of sp³-hybridized carbons (Fsp3) is 0.714. The number of unbranched alkanes of at least 4 members (excludes halogenated alkanes) is 5. The van der Waals surface area contributed by atoms with Crippen LogP contribution in [0.2, 0.25) is 5.15 Å². The minimum atomic E-state index is 0.568. The second-order valence-electron chi connectivity index (χ2n) is 4.54. The second kappa shape index (κ2) is 9.15. The van der Waals surface area contributed by atoms with E-state index < -0.39 is 0 Å². The van der Waals surface area contributed by atoms with Crippen molar-refractivity contribution < 1.29 is 0 Å². The van der Waals surface area contributed by atoms with Crippen LogP contribution in [0, 0.1) is 0 Å². The Balaban J connectivity index is 2.25. The summed E-state index contributed by atoms with van der Waals surface area (Å²) in [4.78, 5) is 8.25. The van der Waals surface area contributed by atoms with E-state index in [2.05, 4.69) is 29.1 Å². The predicted octanol–water partition coefficient (Wildman–Crippen LogP) is 4.46. The van der Waals surface area contributed by atoms with Crippen LogP contribution < -0.4 is 5.32 Å². The summed E-state index contributed by atoms with van der Waals surface area (Å²) < 4.78 is 0. The van der Waals surface area contributed by atoms with E-state index in [4.69, 9.17) is 11.6 Å². The number of hydrogen-bond acceptors (Lipinski definition) is 3. The smallest absolute Gasteiger partial charge is 0.137 e. The van der Waals surface area contributed by atoms with Crippen molar-refractivity contribution in [3.63, 3.8) is 0 Å². The van der Waals surface area contributed by atoms with Crippen LogP contribution in [0.3, 0.4) is 0 Å². The van der Waals surface area contributed by atoms with Crippen molar-refractivity contribution in [2.45, 2.75) is 58.8 Å². The fourth-order valence-electron chi connectivity index (χ4n) is 1.97. The van der Waals surface area contributed by atoms with Crippen LogP contribution in [0.5, 0.6) is 0 Å². The summed E-state index contributed by atoms with van der Waals surface area (Å²) in [6.07, 6.45) is 10.2. The first kappa shape index (κ1) is 15.2. The van der Waals surface area contributed by atoms with E-state index in [0.717, 1.165) is 24.3 Å². The van der Waals surface area contributed by atoms with Crippen LogP contribution in [0.25, 0.3) is 0 Å². The van der Waals surface area contributed by atoms with E-state index in [1.165, 1.54) is 44.9 Å². The Morgan fingerprint density at radius 3 is 2.50 bits per heavy atom. The molecule has 0 radical (unpaired) electrons. The lowest BCUT2D eigenvalue weighted by Crippen LogP contribution is -2.07. The molecule has 102 valence electrons. The van der Waals surface area contributed by atoms with Crippen molar-refractivity contribution >= 4 is 17.4 Å². The molecule has 0 aliphatic rings. The summed E-state index contributed by atoms with van der Waals surface area (Å²) in [5.74, 6) is 0.894. The Morgan fingerprint density at radius 2 is 1.78 bits per heavy atom. The molecule has 0 atom stereocenters. The van der Waals surface area contributed by atoms with E-state index in [9.17, 15) is 0 Å². The highest BCUT2D eigenvalue weighted by molar-refractivity contribution is 6.30. The maximum absolute atomic E-state index is 6.04. The summed E-state index contributed by atoms with van der Waals surface area (Å²) >= 11 is 6.04. The average molecular weight is 270 g/mol. The largest absolute Gasteiger partial charge is 0.370 e. The predicted molar refractivity (Wildman–Crippen MR) is 78.3 cm³/mol. The van der Waals surface area contributed by atoms with Gasteiger partial charge in [0.25, 0.3) is 0 Å². The molecule has 0 spiro atoms. The minimum Gasteiger partial charge on any atom is -0.370 e. The van der Waals surface area contributed by atoms with Gasteiger partial charge in [-0.05, 0) is 12.8 Å². The molecule has 4 heteroatoms. The minimum absolute atomic E-state index is 0.568. The molecular formula is C14H24ClN3. The van der Waals surface area contributed by atoms with Gasteiger partial charge in [-0.25, -0.2) is 9.97 Å². The first-order chi connectivity index (χ1) is 8.79. The maximum atomic E-state index is 6.04. The third kappa shape index (κ3) is 5.21. The van der Waals surface area contributed by atoms with Gasteiger partial charge in [0.05, 0.1) is 0 Å². The topological polar surface area (TPSA) is 37.8 Å². The summed E-state index contributed by atoms with van der Waals surface area (Å²) in [6.45, 7) is 5.28. The number of anilines is 1. The average Bonchev–Trinajstić information content (AvgIpc) is 2.38. The van der Waals surface area contributed by atoms with Gasteiger partial charge >= 0.3 is 0 Å². The molecule has 3 nitrogen and oxygen atoms in total. The molecule has 0 saturated heterocycles. The second-order valence-corrected chi connectivity index (χ2v) is 4.90. The lowest BCUT2D eigenvalue weighted by atomic mass is 10.1. The van der Waals surface area contributed by atoms with Crippen LogP contribution >= 0.6 is 11.6 Å². The van der Waals surface area contributed by atoms with E-state index >= 15 is 0 Å². The van der Waals surface area contributed by atoms with Crippen LogP contribution in [-0.2, 0) is 6.42 Å². The Kier molecular flexibility index (Phi) is 7.74. The van der Waals surface area contributed by atoms with Gasteiger partial charge in [-0.2, -0.15) is 0 Å². The van der Waals surface area contributed by atoms with Gasteiger partial charge in [-0.15, -0.1) is 0 Å². The number of hydrogen-bond donors (Lipinski definition) is 1. The zero-order chi connectivity index (χ0) is 13.2. The van der Waals surface area contributed by atoms with Gasteiger partial charge in [-0.1, -0.05) is 57.6 Å². The normalized spacial score (nSPS) is 10.6. The summed E-state index contributed by atoms with van der Waals surface area (Å²) in [5, 5.41) is 3.93. The van der Waals surface area contributed by atoms with Gasteiger partial charge in [0.1, 0.15) is 17.3 Å². The van der Waals surface area contributed by atoms with Gasteiger partial charge in [0, 0.05) is 12.1 Å². The number of aromatic nitrogens is 2. The van der Waals surface area contributed by atoms with Crippen molar-refractivity contribution in [2.24, 2.45) is 0 Å². The molecule has 0 fully saturated rings. The molecule has 0 aliphatic heterocycles. The first-order valence-corrected chi connectivity index (χ1v) is 7.40. The molecular weight excluding hydrogens is 246 g/mol. The van der Waals surface area contributed by atoms with Crippen molar-refractivity contribution in [3.05, 3.63) is 17.0 Å². The standard InChI is InChI=1S/C14H24ClN3/c1-3-5-6-7-8-9-10-16-14-12(4-2)13(15)17-11-18-14/h11H,3-10H2,1-2H3,(H,16,17,18). The third-order valence-corrected chi connectivity index (χ3v) is 3.39. The molecule has 1 heterocycles. The zero-order valence-electron chi connectivity index (χ0n) is 11.5. The third-order valence-electron chi connectivity index (χ3n) is 3.07. The Hall–Kier alpha value is -0.830. The highest BCUT2D eigenvalue weighted by atomic mass is 35.5. The van der Waals surface area contributed by atoms with E-state index in [1.54, 1.807) is 0 Å². The van der Waals surface area contributed by atoms with Gasteiger partial charge in [0.15, 0.2) is 0 Å². The molecule has 0 amide bonds. The Labute approximate surface area is 115 Å². The molecule has 0 unspecified atom stereocenters. The Morgan fingerprint density at radius 1 is 1.06 bits per heavy atom. The molecule has 0 aromatic carbocycles. The molecule has 0 saturated carbocycles. The molecule has 18 heavy (non-hydrogen) atoms. The van der Waals surface area contributed by atoms with Crippen molar-refractivity contribution in [2.75, 3.05) is 11.9 Å². The number of halogens is 1. The lowest BCUT2D eigenvalue weighted by molar-refractivity contribution is 0.616. The quantitative estimate of drug-likeness (QED) is 0.531. The van der Waals surface area contributed by atoms with E-state index in [1.807, 2.05) is 0 Å². The summed E-state index contributed by atoms with van der Waals surface area (Å²) in [5.41, 5.74) is 1.02. The van der Waals surface area contributed by atoms with E-state index in [0.29, 0.717) is 5.15 Å². The number of nitrogens with one attached hydrogen (secondary N) is 1. The molecule has 0 bridgehead atoms. The van der Waals surface area contributed by atoms with Gasteiger partial charge in [-0.3, -0.25) is 0 Å². The molecule has 1 N–H and O–H groups in total. The highest BCUT2D eigenvalue weighted by Gasteiger charge is 2.06. The monoisotopic (exact) mass is 269 g/mol. The zero-order valence-corrected chi connectivity index (χ0v) is 12.3. The number of rotatable bonds is 9. The summed E-state index contributed by atoms with van der Waals surface area (Å²) in [6, 6.07) is 0. The van der Waals surface area contributed by atoms with Crippen molar-refractivity contribution in [1.82, 2.24) is 9.97 Å². The SMILES string of the molecule is CCCCCCCCNc1ncnc(Cl)c1CC. The Bertz CT molecular complexity index is 342. The highest BCUT2D eigenvalue weighted by Crippen LogP contribution is 2.20. The first-order valence-electron chi connectivity index (χ1n) is 7.02.